The summed E-state index contributed by atoms with van der Waals surface area (Å²) in [5.41, 5.74) is 9.07. The maximum atomic E-state index is 11.2. The predicted molar refractivity (Wildman–Crippen MR) is 52.3 cm³/mol. The molecule has 1 fully saturated rings. The van der Waals surface area contributed by atoms with Gasteiger partial charge >= 0.3 is 5.97 Å². The number of nitrogens with one attached hydrogen (secondary N) is 1. The fraction of sp³-hybridized carbons (Fsp3) is 0.200. The Kier molecular flexibility index (Phi) is 2.29. The van der Waals surface area contributed by atoms with Crippen molar-refractivity contribution in [2.24, 2.45) is 5.92 Å². The largest absolute Gasteiger partial charge is 0.399 e. The van der Waals surface area contributed by atoms with Crippen molar-refractivity contribution in [1.29, 1.82) is 0 Å². The van der Waals surface area contributed by atoms with Crippen LogP contribution in [0.15, 0.2) is 24.3 Å². The molecule has 1 atom stereocenters. The van der Waals surface area contributed by atoms with Crippen molar-refractivity contribution < 1.29 is 14.4 Å². The van der Waals surface area contributed by atoms with Crippen LogP contribution in [0.3, 0.4) is 0 Å². The van der Waals surface area contributed by atoms with Crippen molar-refractivity contribution in [2.75, 3.05) is 5.73 Å². The lowest BCUT2D eigenvalue weighted by Crippen LogP contribution is -2.21. The molecule has 0 radical (unpaired) electrons. The molecule has 1 unspecified atom stereocenters. The highest BCUT2D eigenvalue weighted by Crippen LogP contribution is 2.16. The molecular formula is C10H10N2O3. The molecule has 1 aliphatic rings. The number of hydrogen-bond acceptors (Lipinski definition) is 4. The summed E-state index contributed by atoms with van der Waals surface area (Å²) in [6.45, 7) is 0. The third-order valence-electron chi connectivity index (χ3n) is 2.24. The summed E-state index contributed by atoms with van der Waals surface area (Å²) in [4.78, 5) is 26.7. The van der Waals surface area contributed by atoms with Crippen LogP contribution in [0.5, 0.6) is 0 Å². The van der Waals surface area contributed by atoms with E-state index in [0.717, 1.165) is 5.56 Å². The van der Waals surface area contributed by atoms with E-state index in [4.69, 9.17) is 5.73 Å². The van der Waals surface area contributed by atoms with Gasteiger partial charge in [0.2, 0.25) is 0 Å². The second-order valence-corrected chi connectivity index (χ2v) is 3.39. The van der Waals surface area contributed by atoms with Gasteiger partial charge in [-0.25, -0.2) is 4.79 Å². The molecule has 1 saturated heterocycles. The number of carbonyl (C=O) groups is 2. The molecule has 1 heterocycles. The molecule has 0 bridgehead atoms. The van der Waals surface area contributed by atoms with E-state index in [0.29, 0.717) is 12.1 Å². The second kappa shape index (κ2) is 3.61. The standard InChI is InChI=1S/C10H10N2O3/c11-7-3-1-2-6(4-7)5-8-9(13)12-15-10(8)14/h1-4,8H,5,11H2,(H,12,13). The van der Waals surface area contributed by atoms with Crippen LogP contribution >= 0.6 is 0 Å². The molecule has 0 aliphatic carbocycles. The van der Waals surface area contributed by atoms with Gasteiger partial charge in [0.15, 0.2) is 0 Å². The Hall–Kier alpha value is -2.04. The molecule has 0 aromatic heterocycles. The number of rotatable bonds is 2. The topological polar surface area (TPSA) is 81.4 Å². The quantitative estimate of drug-likeness (QED) is 0.527. The highest BCUT2D eigenvalue weighted by molar-refractivity contribution is 6.01. The number of nitrogen functional groups attached to an aromatic ring is 1. The van der Waals surface area contributed by atoms with Crippen molar-refractivity contribution in [2.45, 2.75) is 6.42 Å². The van der Waals surface area contributed by atoms with E-state index in [1.165, 1.54) is 0 Å². The van der Waals surface area contributed by atoms with E-state index in [1.54, 1.807) is 18.2 Å². The molecule has 5 heteroatoms. The molecular weight excluding hydrogens is 196 g/mol. The monoisotopic (exact) mass is 206 g/mol. The Balaban J connectivity index is 2.15. The minimum Gasteiger partial charge on any atom is -0.399 e. The minimum atomic E-state index is -0.758. The summed E-state index contributed by atoms with van der Waals surface area (Å²) in [7, 11) is 0. The maximum Gasteiger partial charge on any atom is 0.345 e. The average Bonchev–Trinajstić information content (AvgIpc) is 2.50. The highest BCUT2D eigenvalue weighted by Gasteiger charge is 2.35. The average molecular weight is 206 g/mol. The molecule has 3 N–H and O–H groups in total. The van der Waals surface area contributed by atoms with Crippen molar-refractivity contribution >= 4 is 17.6 Å². The molecule has 5 nitrogen and oxygen atoms in total. The lowest BCUT2D eigenvalue weighted by atomic mass is 9.99. The Morgan fingerprint density at radius 2 is 2.20 bits per heavy atom. The molecule has 1 aliphatic heterocycles. The lowest BCUT2D eigenvalue weighted by Gasteiger charge is -2.03. The van der Waals surface area contributed by atoms with E-state index < -0.39 is 17.8 Å². The SMILES string of the molecule is Nc1cccc(CC2C(=O)NOC2=O)c1. The summed E-state index contributed by atoms with van der Waals surface area (Å²) in [5.74, 6) is -1.70. The first-order valence-electron chi connectivity index (χ1n) is 4.52. The summed E-state index contributed by atoms with van der Waals surface area (Å²) >= 11 is 0. The normalized spacial score (nSPS) is 19.9. The summed E-state index contributed by atoms with van der Waals surface area (Å²) in [6.07, 6.45) is 0.315. The zero-order valence-electron chi connectivity index (χ0n) is 7.90. The minimum absolute atomic E-state index is 0.315. The van der Waals surface area contributed by atoms with Gasteiger partial charge in [0.25, 0.3) is 5.91 Å². The summed E-state index contributed by atoms with van der Waals surface area (Å²) < 4.78 is 0. The van der Waals surface area contributed by atoms with Gasteiger partial charge in [0, 0.05) is 5.69 Å². The molecule has 78 valence electrons. The van der Waals surface area contributed by atoms with E-state index in [2.05, 4.69) is 4.84 Å². The van der Waals surface area contributed by atoms with Gasteiger partial charge < -0.3 is 10.6 Å². The number of amides is 1. The van der Waals surface area contributed by atoms with Crippen LogP contribution in [-0.4, -0.2) is 11.9 Å². The third-order valence-corrected chi connectivity index (χ3v) is 2.24. The molecule has 2 rings (SSSR count). The van der Waals surface area contributed by atoms with Crippen molar-refractivity contribution in [3.63, 3.8) is 0 Å². The van der Waals surface area contributed by atoms with Crippen LogP contribution in [0.2, 0.25) is 0 Å². The number of benzene rings is 1. The van der Waals surface area contributed by atoms with Gasteiger partial charge in [-0.05, 0) is 24.1 Å². The van der Waals surface area contributed by atoms with E-state index in [9.17, 15) is 9.59 Å². The fourth-order valence-corrected chi connectivity index (χ4v) is 1.48. The molecule has 0 spiro atoms. The van der Waals surface area contributed by atoms with Crippen LogP contribution in [0.4, 0.5) is 5.69 Å². The van der Waals surface area contributed by atoms with E-state index in [-0.39, 0.29) is 0 Å². The van der Waals surface area contributed by atoms with Gasteiger partial charge in [-0.3, -0.25) is 4.79 Å². The zero-order valence-corrected chi connectivity index (χ0v) is 7.90. The Bertz CT molecular complexity index is 401. The Labute approximate surface area is 86.2 Å². The number of hydrogen-bond donors (Lipinski definition) is 2. The summed E-state index contributed by atoms with van der Waals surface area (Å²) in [6, 6.07) is 7.08. The molecule has 1 amide bonds. The first-order chi connectivity index (χ1) is 7.16. The van der Waals surface area contributed by atoms with Crippen LogP contribution in [0.25, 0.3) is 0 Å². The van der Waals surface area contributed by atoms with Crippen molar-refractivity contribution in [3.8, 4) is 0 Å². The Morgan fingerprint density at radius 1 is 1.40 bits per heavy atom. The van der Waals surface area contributed by atoms with Gasteiger partial charge in [0.1, 0.15) is 5.92 Å². The first kappa shape index (κ1) is 9.51. The zero-order chi connectivity index (χ0) is 10.8. The molecule has 15 heavy (non-hydrogen) atoms. The molecule has 1 aromatic carbocycles. The fourth-order valence-electron chi connectivity index (χ4n) is 1.48. The van der Waals surface area contributed by atoms with Gasteiger partial charge in [0.05, 0.1) is 0 Å². The predicted octanol–water partition coefficient (Wildman–Crippen LogP) is 0.0155. The van der Waals surface area contributed by atoms with Gasteiger partial charge in [-0.1, -0.05) is 12.1 Å². The number of carbonyl (C=O) groups excluding carboxylic acids is 2. The van der Waals surface area contributed by atoms with Crippen LogP contribution in [0.1, 0.15) is 5.56 Å². The summed E-state index contributed by atoms with van der Waals surface area (Å²) in [5, 5.41) is 0. The number of anilines is 1. The van der Waals surface area contributed by atoms with Gasteiger partial charge in [-0.2, -0.15) is 5.48 Å². The van der Waals surface area contributed by atoms with Crippen molar-refractivity contribution in [1.82, 2.24) is 5.48 Å². The van der Waals surface area contributed by atoms with Crippen LogP contribution in [0, 0.1) is 5.92 Å². The highest BCUT2D eigenvalue weighted by atomic mass is 16.7. The van der Waals surface area contributed by atoms with Crippen LogP contribution < -0.4 is 11.2 Å². The Morgan fingerprint density at radius 3 is 2.80 bits per heavy atom. The number of nitrogens with two attached hydrogens (primary N) is 1. The lowest BCUT2D eigenvalue weighted by molar-refractivity contribution is -0.146. The third kappa shape index (κ3) is 1.90. The van der Waals surface area contributed by atoms with Crippen LogP contribution in [-0.2, 0) is 20.8 Å². The van der Waals surface area contributed by atoms with Crippen molar-refractivity contribution in [3.05, 3.63) is 29.8 Å². The second-order valence-electron chi connectivity index (χ2n) is 3.39. The molecule has 0 saturated carbocycles. The molecule has 1 aromatic rings. The maximum absolute atomic E-state index is 11.2. The van der Waals surface area contributed by atoms with E-state index >= 15 is 0 Å². The smallest absolute Gasteiger partial charge is 0.345 e. The first-order valence-corrected chi connectivity index (χ1v) is 4.52. The number of hydroxylamine groups is 1. The van der Waals surface area contributed by atoms with Gasteiger partial charge in [-0.15, -0.1) is 0 Å². The van der Waals surface area contributed by atoms with E-state index in [1.807, 2.05) is 11.5 Å².